The molecule has 0 radical (unpaired) electrons. The van der Waals surface area contributed by atoms with Gasteiger partial charge < -0.3 is 35.2 Å². The van der Waals surface area contributed by atoms with Gasteiger partial charge in [-0.25, -0.2) is 13.9 Å². The first kappa shape index (κ1) is 57.8. The van der Waals surface area contributed by atoms with Crippen molar-refractivity contribution in [2.75, 3.05) is 30.5 Å². The van der Waals surface area contributed by atoms with Gasteiger partial charge >= 0.3 is 27.3 Å². The van der Waals surface area contributed by atoms with Crippen LogP contribution in [-0.4, -0.2) is 84.7 Å². The highest BCUT2D eigenvalue weighted by atomic mass is 32.2. The van der Waals surface area contributed by atoms with Gasteiger partial charge in [0.1, 0.15) is 30.2 Å². The van der Waals surface area contributed by atoms with Crippen LogP contribution in [0.5, 0.6) is 0 Å². The Balaban J connectivity index is 1.87. The van der Waals surface area contributed by atoms with Crippen molar-refractivity contribution in [2.24, 2.45) is 0 Å². The quantitative estimate of drug-likeness (QED) is 0.0233. The third-order valence-corrected chi connectivity index (χ3v) is 15.0. The molecule has 1 aromatic heterocycles. The molecule has 19 heteroatoms. The molecule has 1 saturated heterocycles. The maximum Gasteiger partial charge on any atom is 0.483 e. The van der Waals surface area contributed by atoms with Crippen LogP contribution in [0.1, 0.15) is 200 Å². The Morgan fingerprint density at radius 3 is 1.71 bits per heavy atom. The third-order valence-electron chi connectivity index (χ3n) is 11.2. The monoisotopic (exact) mass is 956 g/mol. The van der Waals surface area contributed by atoms with Crippen LogP contribution in [-0.2, 0) is 36.8 Å². The molecule has 6 atom stereocenters. The fourth-order valence-corrected chi connectivity index (χ4v) is 10.7. The van der Waals surface area contributed by atoms with Gasteiger partial charge in [0.25, 0.3) is 0 Å². The van der Waals surface area contributed by atoms with Crippen LogP contribution < -0.4 is 11.4 Å². The van der Waals surface area contributed by atoms with Gasteiger partial charge in [0.15, 0.2) is 6.23 Å². The minimum Gasteiger partial charge on any atom is -0.459 e. The summed E-state index contributed by atoms with van der Waals surface area (Å²) in [6, 6.07) is 1.28. The lowest BCUT2D eigenvalue weighted by molar-refractivity contribution is -0.149. The Morgan fingerprint density at radius 2 is 1.24 bits per heavy atom. The molecule has 0 bridgehead atoms. The first-order valence-electron chi connectivity index (χ1n) is 24.1. The molecule has 2 unspecified atom stereocenters. The predicted molar refractivity (Wildman–Crippen MR) is 249 cm³/mol. The average Bonchev–Trinajstić information content (AvgIpc) is 3.51. The van der Waals surface area contributed by atoms with Gasteiger partial charge in [0.05, 0.1) is 13.2 Å². The molecule has 368 valence electrons. The number of carbonyl (C=O) groups is 1. The van der Waals surface area contributed by atoms with Crippen molar-refractivity contribution in [1.82, 2.24) is 9.55 Å². The Morgan fingerprint density at radius 1 is 0.762 bits per heavy atom. The highest BCUT2D eigenvalue weighted by Crippen LogP contribution is 2.61. The van der Waals surface area contributed by atoms with Crippen molar-refractivity contribution in [3.63, 3.8) is 0 Å². The number of unbranched alkanes of at least 4 members (excludes halogenated alkanes) is 25. The van der Waals surface area contributed by atoms with Crippen molar-refractivity contribution in [1.29, 1.82) is 0 Å². The summed E-state index contributed by atoms with van der Waals surface area (Å²) in [5.74, 6) is 0.505. The van der Waals surface area contributed by atoms with Crippen LogP contribution in [0.4, 0.5) is 5.82 Å². The van der Waals surface area contributed by atoms with Crippen LogP contribution in [0.3, 0.4) is 0 Å². The highest BCUT2D eigenvalue weighted by Gasteiger charge is 2.46. The maximum atomic E-state index is 13.7. The first-order valence-corrected chi connectivity index (χ1v) is 28.2. The molecule has 0 spiro atoms. The van der Waals surface area contributed by atoms with Gasteiger partial charge in [-0.3, -0.25) is 18.4 Å². The molecule has 1 aliphatic heterocycles. The smallest absolute Gasteiger partial charge is 0.459 e. The van der Waals surface area contributed by atoms with E-state index in [-0.39, 0.29) is 18.0 Å². The largest absolute Gasteiger partial charge is 0.483 e. The molecule has 1 aromatic rings. The van der Waals surface area contributed by atoms with Gasteiger partial charge in [-0.1, -0.05) is 174 Å². The van der Waals surface area contributed by atoms with Crippen molar-refractivity contribution in [2.45, 2.75) is 224 Å². The van der Waals surface area contributed by atoms with Gasteiger partial charge in [-0.2, -0.15) is 21.1 Å². The van der Waals surface area contributed by atoms with Gasteiger partial charge in [-0.15, -0.1) is 0 Å². The summed E-state index contributed by atoms with van der Waals surface area (Å²) in [5.41, 5.74) is 4.67. The third kappa shape index (κ3) is 27.8. The van der Waals surface area contributed by atoms with E-state index in [1.807, 2.05) is 0 Å². The summed E-state index contributed by atoms with van der Waals surface area (Å²) in [5, 5.41) is 21.2. The SMILES string of the molecule is CCCCCCCCCCCCCCCCSCC(COP(=O)(OC[C@H]1O[C@@H](n2ccc(N)nc2=O)[C@@H](O)[C@@H]1O)OP(=O)(O)O)OC(=O)CCCCCCCCCCCCCCC. The number of aliphatic hydroxyl groups excluding tert-OH is 2. The lowest BCUT2D eigenvalue weighted by atomic mass is 10.0. The van der Waals surface area contributed by atoms with E-state index in [1.165, 1.54) is 152 Å². The van der Waals surface area contributed by atoms with Gasteiger partial charge in [-0.05, 0) is 24.7 Å². The van der Waals surface area contributed by atoms with E-state index in [0.717, 1.165) is 48.8 Å². The molecule has 1 fully saturated rings. The fourth-order valence-electron chi connectivity index (χ4n) is 7.53. The molecule has 2 rings (SSSR count). The number of hydrogen-bond acceptors (Lipinski definition) is 14. The van der Waals surface area contributed by atoms with Crippen molar-refractivity contribution in [3.05, 3.63) is 22.7 Å². The van der Waals surface area contributed by atoms with Crippen LogP contribution in [0, 0.1) is 0 Å². The normalized spacial score (nSPS) is 19.3. The molecular formula is C44H83N3O13P2S. The van der Waals surface area contributed by atoms with Crippen molar-refractivity contribution < 1.29 is 56.8 Å². The summed E-state index contributed by atoms with van der Waals surface area (Å²) in [7, 11) is -10.6. The zero-order chi connectivity index (χ0) is 46.2. The maximum absolute atomic E-state index is 13.7. The summed E-state index contributed by atoms with van der Waals surface area (Å²) >= 11 is 1.53. The number of esters is 1. The fraction of sp³-hybridized carbons (Fsp3) is 0.886. The first-order chi connectivity index (χ1) is 30.3. The molecule has 2 heterocycles. The number of hydrogen-bond donors (Lipinski definition) is 5. The zero-order valence-electron chi connectivity index (χ0n) is 38.4. The second-order valence-electron chi connectivity index (χ2n) is 17.0. The molecule has 0 aromatic carbocycles. The minimum atomic E-state index is -5.47. The van der Waals surface area contributed by atoms with Crippen molar-refractivity contribution in [3.8, 4) is 0 Å². The summed E-state index contributed by atoms with van der Waals surface area (Å²) in [4.78, 5) is 48.1. The number of ether oxygens (including phenoxy) is 2. The van der Waals surface area contributed by atoms with E-state index in [9.17, 15) is 38.7 Å². The van der Waals surface area contributed by atoms with E-state index < -0.39 is 71.2 Å². The Hall–Kier alpha value is -1.36. The molecule has 16 nitrogen and oxygen atoms in total. The van der Waals surface area contributed by atoms with E-state index in [4.69, 9.17) is 24.3 Å². The highest BCUT2D eigenvalue weighted by molar-refractivity contribution is 7.99. The van der Waals surface area contributed by atoms with Crippen LogP contribution in [0.25, 0.3) is 0 Å². The second-order valence-corrected chi connectivity index (χ2v) is 21.2. The number of thioether (sulfide) groups is 1. The summed E-state index contributed by atoms with van der Waals surface area (Å²) in [6.45, 7) is 3.07. The summed E-state index contributed by atoms with van der Waals surface area (Å²) in [6.07, 6.45) is 26.9. The molecule has 0 amide bonds. The number of phosphoric acid groups is 2. The molecule has 1 aliphatic rings. The lowest BCUT2D eigenvalue weighted by Crippen LogP contribution is -2.36. The second kappa shape index (κ2) is 34.9. The zero-order valence-corrected chi connectivity index (χ0v) is 41.0. The standard InChI is InChI=1S/C44H83N3O13P2S/c1-3-5-7-9-11-13-15-17-19-21-23-25-27-29-33-63-36-37(58-40(48)30-28-26-24-22-20-18-16-14-12-10-8-6-4-2)34-56-62(55,60-61(52,53)54)57-35-38-41(49)42(50)43(59-38)47-32-31-39(45)46-44(47)51/h31-32,37-38,41-43,49-50H,3-30,33-36H2,1-2H3,(H2,45,46,51)(H2,52,53,54)/t37?,38-,41-,42+,43-,62?/m1/s1. The van der Waals surface area contributed by atoms with E-state index >= 15 is 0 Å². The number of carbonyl (C=O) groups excluding carboxylic acids is 1. The topological polar surface area (TPSA) is 239 Å². The van der Waals surface area contributed by atoms with Crippen LogP contribution in [0.2, 0.25) is 0 Å². The molecule has 63 heavy (non-hydrogen) atoms. The van der Waals surface area contributed by atoms with Crippen LogP contribution in [0.15, 0.2) is 17.1 Å². The van der Waals surface area contributed by atoms with Crippen LogP contribution >= 0.6 is 27.4 Å². The molecule has 0 aliphatic carbocycles. The number of phosphoric ester groups is 1. The summed E-state index contributed by atoms with van der Waals surface area (Å²) < 4.78 is 52.9. The van der Waals surface area contributed by atoms with E-state index in [2.05, 4.69) is 23.1 Å². The number of nitrogens with two attached hydrogens (primary N) is 1. The molecule has 6 N–H and O–H groups in total. The predicted octanol–water partition coefficient (Wildman–Crippen LogP) is 10.3. The number of nitrogen functional groups attached to an aromatic ring is 1. The van der Waals surface area contributed by atoms with Gasteiger partial charge in [0, 0.05) is 18.4 Å². The van der Waals surface area contributed by atoms with E-state index in [0.29, 0.717) is 6.42 Å². The minimum absolute atomic E-state index is 0.0753. The number of nitrogens with zero attached hydrogens (tertiary/aromatic N) is 2. The number of aliphatic hydroxyl groups is 2. The molecule has 0 saturated carbocycles. The Bertz CT molecular complexity index is 1490. The van der Waals surface area contributed by atoms with Gasteiger partial charge in [0.2, 0.25) is 0 Å². The Kier molecular flexibility index (Phi) is 32.0. The lowest BCUT2D eigenvalue weighted by Gasteiger charge is -2.23. The van der Waals surface area contributed by atoms with Crippen molar-refractivity contribution >= 4 is 39.2 Å². The average molecular weight is 956 g/mol. The number of rotatable bonds is 41. The number of aromatic nitrogens is 2. The molecular weight excluding hydrogens is 873 g/mol. The number of anilines is 1. The van der Waals surface area contributed by atoms with E-state index in [1.54, 1.807) is 0 Å². The Labute approximate surface area is 381 Å².